The molecule has 0 radical (unpaired) electrons. The maximum atomic E-state index is 6.42. The molecule has 0 N–H and O–H groups in total. The van der Waals surface area contributed by atoms with Crippen molar-refractivity contribution in [3.8, 4) is 27.9 Å². The number of furan rings is 1. The molecule has 0 atom stereocenters. The van der Waals surface area contributed by atoms with Gasteiger partial charge in [-0.15, -0.1) is 11.3 Å². The van der Waals surface area contributed by atoms with E-state index in [9.17, 15) is 0 Å². The van der Waals surface area contributed by atoms with Gasteiger partial charge in [-0.05, 0) is 115 Å². The van der Waals surface area contributed by atoms with Gasteiger partial charge in [0, 0.05) is 52.5 Å². The van der Waals surface area contributed by atoms with Gasteiger partial charge in [0.05, 0.1) is 16.7 Å². The first kappa shape index (κ1) is 31.6. The Morgan fingerprint density at radius 3 is 1.88 bits per heavy atom. The zero-order valence-electron chi connectivity index (χ0n) is 31.7. The Morgan fingerprint density at radius 1 is 0.356 bits per heavy atom. The molecule has 0 aliphatic carbocycles. The lowest BCUT2D eigenvalue weighted by Crippen LogP contribution is -1.97. The summed E-state index contributed by atoms with van der Waals surface area (Å²) in [6, 6.07) is 69.5. The third-order valence-electron chi connectivity index (χ3n) is 12.9. The van der Waals surface area contributed by atoms with E-state index in [4.69, 9.17) is 4.42 Å². The van der Waals surface area contributed by atoms with Crippen LogP contribution in [0.1, 0.15) is 0 Å². The first-order valence-corrected chi connectivity index (χ1v) is 21.1. The van der Waals surface area contributed by atoms with E-state index in [2.05, 4.69) is 193 Å². The zero-order valence-corrected chi connectivity index (χ0v) is 32.5. The number of rotatable bonds is 3. The second kappa shape index (κ2) is 11.6. The molecule has 0 aliphatic rings. The van der Waals surface area contributed by atoms with E-state index in [1.165, 1.54) is 113 Å². The molecule has 14 rings (SSSR count). The van der Waals surface area contributed by atoms with Crippen LogP contribution in [0.15, 0.2) is 192 Å². The Hall–Kier alpha value is -7.46. The highest BCUT2D eigenvalue weighted by molar-refractivity contribution is 7.26. The summed E-state index contributed by atoms with van der Waals surface area (Å²) in [6.45, 7) is 0. The minimum absolute atomic E-state index is 0.901. The first-order valence-electron chi connectivity index (χ1n) is 20.2. The average Bonchev–Trinajstić information content (AvgIpc) is 3.96. The number of nitrogens with zero attached hydrogens (tertiary/aromatic N) is 1. The molecule has 11 aromatic carbocycles. The van der Waals surface area contributed by atoms with Crippen LogP contribution in [0.4, 0.5) is 0 Å². The normalized spacial score (nSPS) is 12.4. The topological polar surface area (TPSA) is 18.1 Å². The fourth-order valence-electron chi connectivity index (χ4n) is 10.2. The van der Waals surface area contributed by atoms with Gasteiger partial charge in [0.15, 0.2) is 0 Å². The lowest BCUT2D eigenvalue weighted by molar-refractivity contribution is 0.669. The van der Waals surface area contributed by atoms with E-state index in [1.54, 1.807) is 0 Å². The summed E-state index contributed by atoms with van der Waals surface area (Å²) in [7, 11) is 0. The van der Waals surface area contributed by atoms with Gasteiger partial charge in [-0.3, -0.25) is 0 Å². The van der Waals surface area contributed by atoms with E-state index < -0.39 is 0 Å². The summed E-state index contributed by atoms with van der Waals surface area (Å²) < 4.78 is 11.6. The van der Waals surface area contributed by atoms with Crippen LogP contribution in [0.3, 0.4) is 0 Å². The van der Waals surface area contributed by atoms with Gasteiger partial charge in [-0.25, -0.2) is 0 Å². The highest BCUT2D eigenvalue weighted by Crippen LogP contribution is 2.47. The van der Waals surface area contributed by atoms with E-state index in [-0.39, 0.29) is 0 Å². The summed E-state index contributed by atoms with van der Waals surface area (Å²) in [5.74, 6) is 0. The highest BCUT2D eigenvalue weighted by atomic mass is 32.1. The van der Waals surface area contributed by atoms with Crippen molar-refractivity contribution in [1.29, 1.82) is 0 Å². The molecule has 2 nitrogen and oxygen atoms in total. The molecule has 0 aliphatic heterocycles. The van der Waals surface area contributed by atoms with Crippen molar-refractivity contribution in [2.45, 2.75) is 0 Å². The average molecular weight is 766 g/mol. The summed E-state index contributed by atoms with van der Waals surface area (Å²) in [5.41, 5.74) is 10.2. The Bertz CT molecular complexity index is 4080. The van der Waals surface area contributed by atoms with E-state index in [0.29, 0.717) is 0 Å². The lowest BCUT2D eigenvalue weighted by atomic mass is 9.91. The number of hydrogen-bond donors (Lipinski definition) is 0. The Morgan fingerprint density at radius 2 is 0.983 bits per heavy atom. The third-order valence-corrected chi connectivity index (χ3v) is 14.1. The molecule has 0 amide bonds. The quantitative estimate of drug-likeness (QED) is 0.164. The summed E-state index contributed by atoms with van der Waals surface area (Å²) >= 11 is 1.91. The van der Waals surface area contributed by atoms with Gasteiger partial charge < -0.3 is 8.98 Å². The van der Waals surface area contributed by atoms with Crippen LogP contribution in [0.5, 0.6) is 0 Å². The molecule has 0 spiro atoms. The number of hydrogen-bond acceptors (Lipinski definition) is 2. The number of benzene rings is 11. The molecular weight excluding hydrogens is 735 g/mol. The van der Waals surface area contributed by atoms with Crippen LogP contribution < -0.4 is 0 Å². The molecule has 0 bridgehead atoms. The Labute approximate surface area is 341 Å². The molecule has 14 aromatic rings. The van der Waals surface area contributed by atoms with Gasteiger partial charge in [-0.2, -0.15) is 0 Å². The highest BCUT2D eigenvalue weighted by Gasteiger charge is 2.21. The molecule has 0 saturated heterocycles. The second-order valence-corrected chi connectivity index (χ2v) is 17.0. The minimum Gasteiger partial charge on any atom is -0.456 e. The minimum atomic E-state index is 0.901. The van der Waals surface area contributed by atoms with Crippen molar-refractivity contribution in [2.75, 3.05) is 0 Å². The maximum absolute atomic E-state index is 6.42. The zero-order chi connectivity index (χ0) is 38.3. The fourth-order valence-corrected chi connectivity index (χ4v) is 11.5. The van der Waals surface area contributed by atoms with Crippen LogP contribution in [-0.2, 0) is 0 Å². The van der Waals surface area contributed by atoms with Crippen molar-refractivity contribution in [3.05, 3.63) is 188 Å². The van der Waals surface area contributed by atoms with Gasteiger partial charge in [0.25, 0.3) is 0 Å². The molecule has 3 heterocycles. The van der Waals surface area contributed by atoms with Crippen molar-refractivity contribution in [2.24, 2.45) is 0 Å². The number of thiophene rings is 1. The van der Waals surface area contributed by atoms with E-state index in [0.717, 1.165) is 21.9 Å². The van der Waals surface area contributed by atoms with E-state index >= 15 is 0 Å². The van der Waals surface area contributed by atoms with Crippen molar-refractivity contribution in [1.82, 2.24) is 4.57 Å². The van der Waals surface area contributed by atoms with Gasteiger partial charge in [0.1, 0.15) is 11.2 Å². The molecule has 0 saturated carbocycles. The predicted molar refractivity (Wildman–Crippen MR) is 253 cm³/mol. The molecule has 0 fully saturated rings. The van der Waals surface area contributed by atoms with Gasteiger partial charge >= 0.3 is 0 Å². The molecular formula is C56H31NOS. The summed E-state index contributed by atoms with van der Waals surface area (Å²) in [6.07, 6.45) is 0. The number of fused-ring (bicyclic) bond motifs is 11. The molecule has 272 valence electrons. The maximum Gasteiger partial charge on any atom is 0.135 e. The summed E-state index contributed by atoms with van der Waals surface area (Å²) in [5, 5.41) is 17.8. The van der Waals surface area contributed by atoms with Crippen molar-refractivity contribution < 1.29 is 4.42 Å². The lowest BCUT2D eigenvalue weighted by Gasteiger charge is -2.17. The SMILES string of the molecule is c1ccc2c(-c3ccc4oc5ccc(-c6ccc7c(c6)c6ccccc6n7-c6cc7c8sc9ccccc9c8cc8ccc9cccc6c9c87)cc5c4c3)cccc2c1. The second-order valence-electron chi connectivity index (χ2n) is 16.0. The largest absolute Gasteiger partial charge is 0.456 e. The predicted octanol–water partition coefficient (Wildman–Crippen LogP) is 16.4. The van der Waals surface area contributed by atoms with E-state index in [1.807, 2.05) is 11.3 Å². The molecule has 59 heavy (non-hydrogen) atoms. The number of para-hydroxylation sites is 1. The third kappa shape index (κ3) is 4.35. The standard InChI is InChI=1S/C56H31NOS/c1-2-12-38-32(9-1)10-7-15-39(38)36-23-26-52-45(29-36)44-28-35(22-25-51(44)58-52)34-21-24-49-43(27-34)40-13-3-5-17-48(40)57(49)50-31-47-55-37(20-19-33-11-8-16-42(50)54(33)55)30-46-41-14-4-6-18-53(41)59-56(46)47/h1-31H. The van der Waals surface area contributed by atoms with Crippen LogP contribution in [0.2, 0.25) is 0 Å². The number of aromatic nitrogens is 1. The Balaban J connectivity index is 0.988. The van der Waals surface area contributed by atoms with Gasteiger partial charge in [0.2, 0.25) is 0 Å². The van der Waals surface area contributed by atoms with Crippen molar-refractivity contribution in [3.63, 3.8) is 0 Å². The molecule has 3 aromatic heterocycles. The summed E-state index contributed by atoms with van der Waals surface area (Å²) in [4.78, 5) is 0. The monoisotopic (exact) mass is 765 g/mol. The fraction of sp³-hybridized carbons (Fsp3) is 0. The van der Waals surface area contributed by atoms with Crippen LogP contribution in [-0.4, -0.2) is 4.57 Å². The molecule has 0 unspecified atom stereocenters. The first-order chi connectivity index (χ1) is 29.2. The Kier molecular flexibility index (Phi) is 6.20. The van der Waals surface area contributed by atoms with Crippen LogP contribution >= 0.6 is 11.3 Å². The van der Waals surface area contributed by atoms with Gasteiger partial charge in [-0.1, -0.05) is 127 Å². The van der Waals surface area contributed by atoms with Crippen molar-refractivity contribution >= 4 is 118 Å². The van der Waals surface area contributed by atoms with Crippen LogP contribution in [0.25, 0.3) is 135 Å². The molecule has 3 heteroatoms. The van der Waals surface area contributed by atoms with Crippen LogP contribution in [0, 0.1) is 0 Å². The smallest absolute Gasteiger partial charge is 0.135 e.